The second-order valence-corrected chi connectivity index (χ2v) is 5.00. The third-order valence-electron chi connectivity index (χ3n) is 2.29. The van der Waals surface area contributed by atoms with Gasteiger partial charge in [0.05, 0.1) is 0 Å². The molecule has 0 radical (unpaired) electrons. The van der Waals surface area contributed by atoms with Crippen LogP contribution < -0.4 is 0 Å². The zero-order chi connectivity index (χ0) is 10.8. The van der Waals surface area contributed by atoms with Crippen LogP contribution in [0.1, 0.15) is 37.5 Å². The van der Waals surface area contributed by atoms with Crippen molar-refractivity contribution in [3.63, 3.8) is 0 Å². The standard InChI is InChI=1S/C14H20/c1-11-7-6-8-12(2)13(11)9-10-14(3,4)5/h6-10H,1-5H3/b10-9+. The fraction of sp³-hybridized carbons (Fsp3) is 0.429. The van der Waals surface area contributed by atoms with Gasteiger partial charge in [0, 0.05) is 0 Å². The van der Waals surface area contributed by atoms with Crippen LogP contribution in [-0.4, -0.2) is 0 Å². The summed E-state index contributed by atoms with van der Waals surface area (Å²) in [5.74, 6) is 0. The molecule has 1 aromatic rings. The Kier molecular flexibility index (Phi) is 3.15. The van der Waals surface area contributed by atoms with Crippen molar-refractivity contribution in [3.05, 3.63) is 41.0 Å². The summed E-state index contributed by atoms with van der Waals surface area (Å²) in [6, 6.07) is 6.43. The van der Waals surface area contributed by atoms with Crippen LogP contribution in [0.2, 0.25) is 0 Å². The average Bonchev–Trinajstić information content (AvgIpc) is 2.01. The molecular formula is C14H20. The first-order chi connectivity index (χ1) is 6.40. The minimum absolute atomic E-state index is 0.259. The summed E-state index contributed by atoms with van der Waals surface area (Å²) in [4.78, 5) is 0. The molecule has 0 N–H and O–H groups in total. The van der Waals surface area contributed by atoms with E-state index in [4.69, 9.17) is 0 Å². The first-order valence-electron chi connectivity index (χ1n) is 5.15. The monoisotopic (exact) mass is 188 g/mol. The summed E-state index contributed by atoms with van der Waals surface area (Å²) < 4.78 is 0. The lowest BCUT2D eigenvalue weighted by Crippen LogP contribution is -1.98. The van der Waals surface area contributed by atoms with Crippen molar-refractivity contribution < 1.29 is 0 Å². The molecule has 0 heterocycles. The number of benzene rings is 1. The maximum Gasteiger partial charge on any atom is -0.0200 e. The van der Waals surface area contributed by atoms with E-state index in [9.17, 15) is 0 Å². The number of rotatable bonds is 1. The van der Waals surface area contributed by atoms with Crippen LogP contribution >= 0.6 is 0 Å². The Morgan fingerprint density at radius 2 is 1.50 bits per heavy atom. The highest BCUT2D eigenvalue weighted by Crippen LogP contribution is 2.20. The van der Waals surface area contributed by atoms with Gasteiger partial charge in [-0.15, -0.1) is 0 Å². The zero-order valence-corrected chi connectivity index (χ0v) is 9.89. The van der Waals surface area contributed by atoms with E-state index in [0.717, 1.165) is 0 Å². The van der Waals surface area contributed by atoms with E-state index in [1.165, 1.54) is 16.7 Å². The summed E-state index contributed by atoms with van der Waals surface area (Å²) in [5, 5.41) is 0. The van der Waals surface area contributed by atoms with E-state index in [1.807, 2.05) is 0 Å². The molecule has 0 saturated heterocycles. The predicted octanol–water partition coefficient (Wildman–Crippen LogP) is 4.36. The number of hydrogen-bond acceptors (Lipinski definition) is 0. The van der Waals surface area contributed by atoms with Crippen LogP contribution in [0.25, 0.3) is 6.08 Å². The van der Waals surface area contributed by atoms with Crippen LogP contribution in [-0.2, 0) is 0 Å². The number of allylic oxidation sites excluding steroid dienone is 1. The molecule has 0 fully saturated rings. The van der Waals surface area contributed by atoms with E-state index in [0.29, 0.717) is 0 Å². The minimum Gasteiger partial charge on any atom is -0.0785 e. The van der Waals surface area contributed by atoms with Crippen molar-refractivity contribution in [1.82, 2.24) is 0 Å². The average molecular weight is 188 g/mol. The Hall–Kier alpha value is -1.04. The summed E-state index contributed by atoms with van der Waals surface area (Å²) in [5.41, 5.74) is 4.33. The van der Waals surface area contributed by atoms with Gasteiger partial charge in [-0.1, -0.05) is 51.1 Å². The van der Waals surface area contributed by atoms with Gasteiger partial charge in [-0.05, 0) is 36.0 Å². The highest BCUT2D eigenvalue weighted by Gasteiger charge is 2.04. The molecule has 0 nitrogen and oxygen atoms in total. The molecule has 0 aliphatic rings. The topological polar surface area (TPSA) is 0 Å². The Balaban J connectivity index is 3.03. The largest absolute Gasteiger partial charge is 0.0785 e. The summed E-state index contributed by atoms with van der Waals surface area (Å²) in [7, 11) is 0. The summed E-state index contributed by atoms with van der Waals surface area (Å²) in [6.07, 6.45) is 4.51. The third kappa shape index (κ3) is 3.02. The van der Waals surface area contributed by atoms with Crippen LogP contribution in [0.15, 0.2) is 24.3 Å². The minimum atomic E-state index is 0.259. The first kappa shape index (κ1) is 11.0. The van der Waals surface area contributed by atoms with Crippen molar-refractivity contribution in [2.75, 3.05) is 0 Å². The molecule has 0 aliphatic carbocycles. The van der Waals surface area contributed by atoms with E-state index in [1.54, 1.807) is 0 Å². The van der Waals surface area contributed by atoms with Crippen LogP contribution in [0.5, 0.6) is 0 Å². The second-order valence-electron chi connectivity index (χ2n) is 5.00. The van der Waals surface area contributed by atoms with Crippen molar-refractivity contribution in [2.24, 2.45) is 5.41 Å². The van der Waals surface area contributed by atoms with Crippen LogP contribution in [0.4, 0.5) is 0 Å². The maximum absolute atomic E-state index is 2.27. The van der Waals surface area contributed by atoms with Crippen LogP contribution in [0, 0.1) is 19.3 Å². The van der Waals surface area contributed by atoms with Crippen molar-refractivity contribution in [1.29, 1.82) is 0 Å². The molecule has 0 bridgehead atoms. The molecule has 0 spiro atoms. The number of hydrogen-bond donors (Lipinski definition) is 0. The normalized spacial score (nSPS) is 12.4. The molecule has 1 aromatic carbocycles. The molecule has 0 unspecified atom stereocenters. The van der Waals surface area contributed by atoms with Gasteiger partial charge in [0.1, 0.15) is 0 Å². The van der Waals surface area contributed by atoms with Gasteiger partial charge in [-0.2, -0.15) is 0 Å². The number of aryl methyl sites for hydroxylation is 2. The Bertz CT molecular complexity index is 317. The van der Waals surface area contributed by atoms with Gasteiger partial charge in [0.15, 0.2) is 0 Å². The van der Waals surface area contributed by atoms with Gasteiger partial charge in [0.2, 0.25) is 0 Å². The molecule has 0 saturated carbocycles. The van der Waals surface area contributed by atoms with E-state index in [-0.39, 0.29) is 5.41 Å². The molecule has 0 aromatic heterocycles. The van der Waals surface area contributed by atoms with Gasteiger partial charge < -0.3 is 0 Å². The van der Waals surface area contributed by atoms with Gasteiger partial charge >= 0.3 is 0 Å². The molecule has 0 atom stereocenters. The van der Waals surface area contributed by atoms with Crippen molar-refractivity contribution in [3.8, 4) is 0 Å². The highest BCUT2D eigenvalue weighted by molar-refractivity contribution is 5.57. The second kappa shape index (κ2) is 4.00. The molecule has 0 amide bonds. The lowest BCUT2D eigenvalue weighted by atomic mass is 9.93. The molecule has 0 aliphatic heterocycles. The molecule has 76 valence electrons. The fourth-order valence-electron chi connectivity index (χ4n) is 1.42. The molecule has 0 heteroatoms. The third-order valence-corrected chi connectivity index (χ3v) is 2.29. The Labute approximate surface area is 87.7 Å². The van der Waals surface area contributed by atoms with Gasteiger partial charge in [0.25, 0.3) is 0 Å². The fourth-order valence-corrected chi connectivity index (χ4v) is 1.42. The van der Waals surface area contributed by atoms with E-state index >= 15 is 0 Å². The van der Waals surface area contributed by atoms with Gasteiger partial charge in [-0.3, -0.25) is 0 Å². The SMILES string of the molecule is Cc1cccc(C)c1/C=C/C(C)(C)C. The maximum atomic E-state index is 2.27. The van der Waals surface area contributed by atoms with Crippen molar-refractivity contribution in [2.45, 2.75) is 34.6 Å². The summed E-state index contributed by atoms with van der Waals surface area (Å²) in [6.45, 7) is 11.0. The molecular weight excluding hydrogens is 168 g/mol. The lowest BCUT2D eigenvalue weighted by molar-refractivity contribution is 0.547. The quantitative estimate of drug-likeness (QED) is 0.614. The predicted molar refractivity (Wildman–Crippen MR) is 64.4 cm³/mol. The molecule has 14 heavy (non-hydrogen) atoms. The Morgan fingerprint density at radius 3 is 1.93 bits per heavy atom. The first-order valence-corrected chi connectivity index (χ1v) is 5.15. The smallest absolute Gasteiger partial charge is 0.0200 e. The van der Waals surface area contributed by atoms with Gasteiger partial charge in [-0.25, -0.2) is 0 Å². The lowest BCUT2D eigenvalue weighted by Gasteiger charge is -2.12. The van der Waals surface area contributed by atoms with Crippen LogP contribution in [0.3, 0.4) is 0 Å². The Morgan fingerprint density at radius 1 is 1.00 bits per heavy atom. The zero-order valence-electron chi connectivity index (χ0n) is 9.89. The molecule has 1 rings (SSSR count). The van der Waals surface area contributed by atoms with E-state index in [2.05, 4.69) is 65.0 Å². The van der Waals surface area contributed by atoms with Crippen molar-refractivity contribution >= 4 is 6.08 Å². The summed E-state index contributed by atoms with van der Waals surface area (Å²) >= 11 is 0. The van der Waals surface area contributed by atoms with E-state index < -0.39 is 0 Å². The highest BCUT2D eigenvalue weighted by atomic mass is 14.1.